The van der Waals surface area contributed by atoms with Crippen LogP contribution in [-0.4, -0.2) is 17.6 Å². The Balaban J connectivity index is 1.97. The van der Waals surface area contributed by atoms with E-state index in [1.54, 1.807) is 12.1 Å². The molecule has 1 aromatic rings. The number of carbonyl (C=O) groups excluding carboxylic acids is 1. The number of aromatic nitrogens is 1. The van der Waals surface area contributed by atoms with Crippen LogP contribution in [0.4, 0.5) is 0 Å². The van der Waals surface area contributed by atoms with Gasteiger partial charge in [0.15, 0.2) is 0 Å². The van der Waals surface area contributed by atoms with Crippen molar-refractivity contribution in [2.24, 2.45) is 5.92 Å². The van der Waals surface area contributed by atoms with Gasteiger partial charge >= 0.3 is 5.97 Å². The van der Waals surface area contributed by atoms with E-state index in [0.717, 1.165) is 5.69 Å². The molecular formula is C16H22ClNO2. The number of hydrogen-bond acceptors (Lipinski definition) is 3. The molecule has 110 valence electrons. The topological polar surface area (TPSA) is 39.2 Å². The molecule has 0 spiro atoms. The van der Waals surface area contributed by atoms with E-state index in [1.165, 1.54) is 32.1 Å². The highest BCUT2D eigenvalue weighted by molar-refractivity contribution is 6.29. The van der Waals surface area contributed by atoms with Crippen molar-refractivity contribution in [3.8, 4) is 0 Å². The van der Waals surface area contributed by atoms with E-state index < -0.39 is 0 Å². The predicted octanol–water partition coefficient (Wildman–Crippen LogP) is 4.60. The minimum atomic E-state index is -0.290. The number of esters is 1. The zero-order valence-electron chi connectivity index (χ0n) is 12.2. The lowest BCUT2D eigenvalue weighted by atomic mass is 9.90. The molecule has 0 N–H and O–H groups in total. The molecule has 4 heteroatoms. The van der Waals surface area contributed by atoms with Crippen molar-refractivity contribution >= 4 is 17.6 Å². The summed E-state index contributed by atoms with van der Waals surface area (Å²) in [6.07, 6.45) is 6.15. The van der Waals surface area contributed by atoms with Crippen molar-refractivity contribution in [3.63, 3.8) is 0 Å². The first kappa shape index (κ1) is 15.3. The van der Waals surface area contributed by atoms with Crippen LogP contribution in [0.3, 0.4) is 0 Å². The summed E-state index contributed by atoms with van der Waals surface area (Å²) in [5, 5.41) is 0.348. The second-order valence-corrected chi connectivity index (χ2v) is 6.25. The van der Waals surface area contributed by atoms with Crippen molar-refractivity contribution in [2.75, 3.05) is 6.61 Å². The molecule has 0 aromatic carbocycles. The zero-order chi connectivity index (χ0) is 14.5. The van der Waals surface area contributed by atoms with Crippen LogP contribution < -0.4 is 0 Å². The monoisotopic (exact) mass is 295 g/mol. The van der Waals surface area contributed by atoms with Gasteiger partial charge in [-0.25, -0.2) is 9.78 Å². The van der Waals surface area contributed by atoms with Crippen molar-refractivity contribution in [2.45, 2.75) is 51.9 Å². The lowest BCUT2D eigenvalue weighted by Gasteiger charge is -2.21. The van der Waals surface area contributed by atoms with Crippen LogP contribution in [0.1, 0.15) is 67.9 Å². The largest absolute Gasteiger partial charge is 0.462 e. The Morgan fingerprint density at radius 3 is 2.70 bits per heavy atom. The normalized spacial score (nSPS) is 16.4. The summed E-state index contributed by atoms with van der Waals surface area (Å²) >= 11 is 5.97. The first-order chi connectivity index (χ1) is 9.56. The van der Waals surface area contributed by atoms with Gasteiger partial charge in [0, 0.05) is 5.69 Å². The fraction of sp³-hybridized carbons (Fsp3) is 0.625. The van der Waals surface area contributed by atoms with E-state index in [2.05, 4.69) is 4.98 Å². The summed E-state index contributed by atoms with van der Waals surface area (Å²) in [5.74, 6) is 0.468. The second-order valence-electron chi connectivity index (χ2n) is 5.86. The lowest BCUT2D eigenvalue weighted by molar-refractivity contribution is 0.0410. The summed E-state index contributed by atoms with van der Waals surface area (Å²) in [7, 11) is 0. The van der Waals surface area contributed by atoms with E-state index in [9.17, 15) is 4.79 Å². The molecule has 1 aromatic heterocycles. The molecule has 1 fully saturated rings. The first-order valence-corrected chi connectivity index (χ1v) is 7.78. The Morgan fingerprint density at radius 2 is 2.05 bits per heavy atom. The Bertz CT molecular complexity index is 468. The van der Waals surface area contributed by atoms with Gasteiger partial charge < -0.3 is 4.74 Å². The van der Waals surface area contributed by atoms with Gasteiger partial charge in [0.1, 0.15) is 5.15 Å². The predicted molar refractivity (Wildman–Crippen MR) is 80.2 cm³/mol. The maximum Gasteiger partial charge on any atom is 0.338 e. The fourth-order valence-electron chi connectivity index (χ4n) is 2.56. The number of pyridine rings is 1. The van der Waals surface area contributed by atoms with Crippen molar-refractivity contribution in [1.82, 2.24) is 4.98 Å². The van der Waals surface area contributed by atoms with Crippen molar-refractivity contribution in [3.05, 3.63) is 28.5 Å². The molecule has 0 bridgehead atoms. The molecule has 0 unspecified atom stereocenters. The third kappa shape index (κ3) is 4.20. The van der Waals surface area contributed by atoms with Crippen LogP contribution in [0.5, 0.6) is 0 Å². The van der Waals surface area contributed by atoms with Gasteiger partial charge in [-0.1, -0.05) is 44.7 Å². The number of rotatable bonds is 4. The lowest BCUT2D eigenvalue weighted by Crippen LogP contribution is -2.17. The smallest absolute Gasteiger partial charge is 0.338 e. The van der Waals surface area contributed by atoms with Crippen LogP contribution >= 0.6 is 11.6 Å². The molecule has 1 aliphatic carbocycles. The van der Waals surface area contributed by atoms with E-state index in [-0.39, 0.29) is 11.9 Å². The maximum atomic E-state index is 12.1. The van der Waals surface area contributed by atoms with Gasteiger partial charge in [-0.3, -0.25) is 0 Å². The number of halogens is 1. The molecule has 1 aliphatic rings. The number of nitrogens with zero attached hydrogens (tertiary/aromatic N) is 1. The molecule has 0 atom stereocenters. The zero-order valence-corrected chi connectivity index (χ0v) is 12.9. The van der Waals surface area contributed by atoms with E-state index >= 15 is 0 Å². The number of ether oxygens (including phenoxy) is 1. The molecule has 0 radical (unpaired) electrons. The van der Waals surface area contributed by atoms with Gasteiger partial charge in [-0.15, -0.1) is 0 Å². The highest BCUT2D eigenvalue weighted by Gasteiger charge is 2.17. The van der Waals surface area contributed by atoms with Crippen LogP contribution in [-0.2, 0) is 4.74 Å². The summed E-state index contributed by atoms with van der Waals surface area (Å²) in [6, 6.07) is 3.36. The molecule has 1 saturated carbocycles. The van der Waals surface area contributed by atoms with Gasteiger partial charge in [-0.2, -0.15) is 0 Å². The molecule has 1 heterocycles. The van der Waals surface area contributed by atoms with Crippen molar-refractivity contribution in [1.29, 1.82) is 0 Å². The van der Waals surface area contributed by atoms with Crippen molar-refractivity contribution < 1.29 is 9.53 Å². The fourth-order valence-corrected chi connectivity index (χ4v) is 2.78. The molecule has 0 saturated heterocycles. The summed E-state index contributed by atoms with van der Waals surface area (Å²) in [6.45, 7) is 4.57. The Hall–Kier alpha value is -1.09. The first-order valence-electron chi connectivity index (χ1n) is 7.41. The third-order valence-corrected chi connectivity index (χ3v) is 4.01. The summed E-state index contributed by atoms with van der Waals surface area (Å²) in [4.78, 5) is 16.3. The van der Waals surface area contributed by atoms with Gasteiger partial charge in [-0.05, 0) is 36.8 Å². The Kier molecular flexibility index (Phi) is 5.41. The Morgan fingerprint density at radius 1 is 1.35 bits per heavy atom. The minimum absolute atomic E-state index is 0.235. The summed E-state index contributed by atoms with van der Waals surface area (Å²) < 4.78 is 5.43. The average molecular weight is 296 g/mol. The van der Waals surface area contributed by atoms with Crippen LogP contribution in [0.25, 0.3) is 0 Å². The quantitative estimate of drug-likeness (QED) is 0.602. The van der Waals surface area contributed by atoms with Crippen LogP contribution in [0, 0.1) is 5.92 Å². The molecule has 2 rings (SSSR count). The third-order valence-electron chi connectivity index (χ3n) is 3.82. The van der Waals surface area contributed by atoms with Gasteiger partial charge in [0.25, 0.3) is 0 Å². The standard InChI is InChI=1S/C16H22ClNO2/c1-11(2)14-8-13(9-15(17)18-14)16(19)20-10-12-6-4-3-5-7-12/h8-9,11-12H,3-7,10H2,1-2H3. The second kappa shape index (κ2) is 7.07. The molecular weight excluding hydrogens is 274 g/mol. The van der Waals surface area contributed by atoms with E-state index in [0.29, 0.717) is 23.2 Å². The van der Waals surface area contributed by atoms with Crippen LogP contribution in [0.2, 0.25) is 5.15 Å². The van der Waals surface area contributed by atoms with Crippen LogP contribution in [0.15, 0.2) is 12.1 Å². The number of carbonyl (C=O) groups is 1. The minimum Gasteiger partial charge on any atom is -0.462 e. The van der Waals surface area contributed by atoms with E-state index in [1.807, 2.05) is 13.8 Å². The molecule has 20 heavy (non-hydrogen) atoms. The molecule has 0 aliphatic heterocycles. The van der Waals surface area contributed by atoms with E-state index in [4.69, 9.17) is 16.3 Å². The SMILES string of the molecule is CC(C)c1cc(C(=O)OCC2CCCCC2)cc(Cl)n1. The van der Waals surface area contributed by atoms with Gasteiger partial charge in [0.05, 0.1) is 12.2 Å². The molecule has 0 amide bonds. The van der Waals surface area contributed by atoms with Gasteiger partial charge in [0.2, 0.25) is 0 Å². The molecule has 3 nitrogen and oxygen atoms in total. The summed E-state index contributed by atoms with van der Waals surface area (Å²) in [5.41, 5.74) is 1.33. The highest BCUT2D eigenvalue weighted by Crippen LogP contribution is 2.24. The highest BCUT2D eigenvalue weighted by atomic mass is 35.5. The maximum absolute atomic E-state index is 12.1. The average Bonchev–Trinajstić information content (AvgIpc) is 2.45. The Labute approximate surface area is 125 Å². The number of hydrogen-bond donors (Lipinski definition) is 0.